The first kappa shape index (κ1) is 11.6. The maximum Gasteiger partial charge on any atom is 0.328 e. The highest BCUT2D eigenvalue weighted by atomic mass is 16.4. The molecule has 3 atom stereocenters. The van der Waals surface area contributed by atoms with Gasteiger partial charge in [0.05, 0.1) is 6.10 Å². The summed E-state index contributed by atoms with van der Waals surface area (Å²) in [5.41, 5.74) is 0.877. The van der Waals surface area contributed by atoms with E-state index in [1.807, 2.05) is 6.92 Å². The van der Waals surface area contributed by atoms with E-state index in [1.54, 1.807) is 0 Å². The van der Waals surface area contributed by atoms with Crippen LogP contribution in [0.4, 0.5) is 0 Å². The quantitative estimate of drug-likeness (QED) is 0.695. The molecule has 4 heteroatoms. The molecule has 0 radical (unpaired) electrons. The number of fused-ring (bicyclic) bond motifs is 1. The number of carboxylic acids is 1. The Kier molecular flexibility index (Phi) is 3.30. The van der Waals surface area contributed by atoms with Crippen LogP contribution in [-0.2, 0) is 4.79 Å². The fourth-order valence-electron chi connectivity index (χ4n) is 3.07. The summed E-state index contributed by atoms with van der Waals surface area (Å²) in [4.78, 5) is 12.8. The maximum absolute atomic E-state index is 10.5. The van der Waals surface area contributed by atoms with Gasteiger partial charge in [0.25, 0.3) is 0 Å². The van der Waals surface area contributed by atoms with Crippen molar-refractivity contribution in [1.82, 2.24) is 4.90 Å². The fraction of sp³-hybridized carbons (Fsp3) is 0.750. The van der Waals surface area contributed by atoms with E-state index in [1.165, 1.54) is 6.08 Å². The summed E-state index contributed by atoms with van der Waals surface area (Å²) >= 11 is 0. The second-order valence-corrected chi connectivity index (χ2v) is 5.09. The standard InChI is InChI=1S/C12H19NO3/c1-8(4-12(15)16)5-13-6-9-2-3-11(14)10(9)7-13/h4,9-11,14H,2-3,5-7H2,1H3,(H,15,16). The third kappa shape index (κ3) is 2.44. The van der Waals surface area contributed by atoms with Gasteiger partial charge >= 0.3 is 5.97 Å². The van der Waals surface area contributed by atoms with Crippen LogP contribution in [0.1, 0.15) is 19.8 Å². The summed E-state index contributed by atoms with van der Waals surface area (Å²) in [6.45, 7) is 4.48. The summed E-state index contributed by atoms with van der Waals surface area (Å²) in [6.07, 6.45) is 3.18. The van der Waals surface area contributed by atoms with Gasteiger partial charge in [-0.3, -0.25) is 4.90 Å². The molecule has 3 unspecified atom stereocenters. The first-order valence-electron chi connectivity index (χ1n) is 5.87. The summed E-state index contributed by atoms with van der Waals surface area (Å²) in [5.74, 6) is 0.155. The van der Waals surface area contributed by atoms with E-state index < -0.39 is 5.97 Å². The van der Waals surface area contributed by atoms with Gasteiger partial charge in [0.2, 0.25) is 0 Å². The highest BCUT2D eigenvalue weighted by Crippen LogP contribution is 2.38. The van der Waals surface area contributed by atoms with E-state index in [0.29, 0.717) is 18.4 Å². The molecular weight excluding hydrogens is 206 g/mol. The molecule has 0 aromatic heterocycles. The zero-order valence-corrected chi connectivity index (χ0v) is 9.59. The van der Waals surface area contributed by atoms with Crippen LogP contribution in [0.5, 0.6) is 0 Å². The Morgan fingerprint density at radius 2 is 2.19 bits per heavy atom. The maximum atomic E-state index is 10.5. The lowest BCUT2D eigenvalue weighted by molar-refractivity contribution is -0.131. The second kappa shape index (κ2) is 4.55. The molecular formula is C12H19NO3. The molecule has 1 saturated carbocycles. The van der Waals surface area contributed by atoms with Crippen molar-refractivity contribution in [3.05, 3.63) is 11.6 Å². The smallest absolute Gasteiger partial charge is 0.328 e. The molecule has 1 aliphatic heterocycles. The van der Waals surface area contributed by atoms with Crippen molar-refractivity contribution >= 4 is 5.97 Å². The molecule has 0 bridgehead atoms. The van der Waals surface area contributed by atoms with Crippen LogP contribution in [-0.4, -0.2) is 46.8 Å². The van der Waals surface area contributed by atoms with Crippen molar-refractivity contribution in [2.45, 2.75) is 25.9 Å². The Hall–Kier alpha value is -0.870. The predicted molar refractivity (Wildman–Crippen MR) is 60.1 cm³/mol. The first-order chi connectivity index (χ1) is 7.56. The summed E-state index contributed by atoms with van der Waals surface area (Å²) in [6, 6.07) is 0. The van der Waals surface area contributed by atoms with E-state index in [4.69, 9.17) is 5.11 Å². The van der Waals surface area contributed by atoms with Gasteiger partial charge in [0.1, 0.15) is 0 Å². The van der Waals surface area contributed by atoms with Crippen LogP contribution in [0, 0.1) is 11.8 Å². The Labute approximate surface area is 95.6 Å². The minimum absolute atomic E-state index is 0.140. The summed E-state index contributed by atoms with van der Waals surface area (Å²) < 4.78 is 0. The number of aliphatic hydroxyl groups excluding tert-OH is 1. The lowest BCUT2D eigenvalue weighted by atomic mass is 10.00. The minimum Gasteiger partial charge on any atom is -0.478 e. The van der Waals surface area contributed by atoms with E-state index in [0.717, 1.165) is 31.5 Å². The van der Waals surface area contributed by atoms with Crippen molar-refractivity contribution < 1.29 is 15.0 Å². The number of hydrogen-bond acceptors (Lipinski definition) is 3. The van der Waals surface area contributed by atoms with Crippen LogP contribution in [0.2, 0.25) is 0 Å². The molecule has 90 valence electrons. The van der Waals surface area contributed by atoms with Crippen molar-refractivity contribution in [3.63, 3.8) is 0 Å². The molecule has 4 nitrogen and oxygen atoms in total. The van der Waals surface area contributed by atoms with Gasteiger partial charge < -0.3 is 10.2 Å². The number of carbonyl (C=O) groups is 1. The normalized spacial score (nSPS) is 35.4. The molecule has 2 rings (SSSR count). The molecule has 0 spiro atoms. The van der Waals surface area contributed by atoms with Crippen LogP contribution in [0.15, 0.2) is 11.6 Å². The Balaban J connectivity index is 1.88. The van der Waals surface area contributed by atoms with Crippen molar-refractivity contribution in [2.75, 3.05) is 19.6 Å². The predicted octanol–water partition coefficient (Wildman–Crippen LogP) is 0.720. The van der Waals surface area contributed by atoms with E-state index in [-0.39, 0.29) is 6.10 Å². The van der Waals surface area contributed by atoms with Gasteiger partial charge in [-0.25, -0.2) is 4.79 Å². The van der Waals surface area contributed by atoms with E-state index in [2.05, 4.69) is 4.90 Å². The van der Waals surface area contributed by atoms with Gasteiger partial charge in [0, 0.05) is 31.6 Å². The average Bonchev–Trinajstić information content (AvgIpc) is 2.67. The average molecular weight is 225 g/mol. The number of nitrogens with zero attached hydrogens (tertiary/aromatic N) is 1. The lowest BCUT2D eigenvalue weighted by Crippen LogP contribution is -2.26. The Morgan fingerprint density at radius 1 is 1.44 bits per heavy atom. The minimum atomic E-state index is -0.878. The van der Waals surface area contributed by atoms with Crippen molar-refractivity contribution in [1.29, 1.82) is 0 Å². The molecule has 16 heavy (non-hydrogen) atoms. The van der Waals surface area contributed by atoms with Gasteiger partial charge in [-0.1, -0.05) is 5.57 Å². The van der Waals surface area contributed by atoms with Gasteiger partial charge in [-0.2, -0.15) is 0 Å². The lowest BCUT2D eigenvalue weighted by Gasteiger charge is -2.17. The Morgan fingerprint density at radius 3 is 2.81 bits per heavy atom. The highest BCUT2D eigenvalue weighted by Gasteiger charge is 2.41. The molecule has 2 fully saturated rings. The molecule has 0 aromatic rings. The molecule has 2 aliphatic rings. The topological polar surface area (TPSA) is 60.8 Å². The molecule has 1 heterocycles. The van der Waals surface area contributed by atoms with Crippen LogP contribution in [0.3, 0.4) is 0 Å². The summed E-state index contributed by atoms with van der Waals surface area (Å²) in [5, 5.41) is 18.4. The monoisotopic (exact) mass is 225 g/mol. The molecule has 0 aromatic carbocycles. The first-order valence-corrected chi connectivity index (χ1v) is 5.87. The highest BCUT2D eigenvalue weighted by molar-refractivity contribution is 5.80. The number of aliphatic hydroxyl groups is 1. The summed E-state index contributed by atoms with van der Waals surface area (Å²) in [7, 11) is 0. The Bertz CT molecular complexity index is 313. The number of likely N-dealkylation sites (tertiary alicyclic amines) is 1. The van der Waals surface area contributed by atoms with Crippen LogP contribution >= 0.6 is 0 Å². The largest absolute Gasteiger partial charge is 0.478 e. The number of hydrogen-bond donors (Lipinski definition) is 2. The molecule has 2 N–H and O–H groups in total. The van der Waals surface area contributed by atoms with E-state index in [9.17, 15) is 9.90 Å². The molecule has 1 saturated heterocycles. The zero-order valence-electron chi connectivity index (χ0n) is 9.59. The van der Waals surface area contributed by atoms with Gasteiger partial charge in [0.15, 0.2) is 0 Å². The number of aliphatic carboxylic acids is 1. The van der Waals surface area contributed by atoms with Gasteiger partial charge in [-0.15, -0.1) is 0 Å². The van der Waals surface area contributed by atoms with Crippen LogP contribution < -0.4 is 0 Å². The van der Waals surface area contributed by atoms with E-state index >= 15 is 0 Å². The molecule has 0 amide bonds. The van der Waals surface area contributed by atoms with Crippen LogP contribution in [0.25, 0.3) is 0 Å². The third-order valence-corrected chi connectivity index (χ3v) is 3.74. The van der Waals surface area contributed by atoms with Crippen molar-refractivity contribution in [2.24, 2.45) is 11.8 Å². The fourth-order valence-corrected chi connectivity index (χ4v) is 3.07. The zero-order chi connectivity index (χ0) is 11.7. The number of carboxylic acid groups (broad SMARTS) is 1. The molecule has 1 aliphatic carbocycles. The second-order valence-electron chi connectivity index (χ2n) is 5.09. The third-order valence-electron chi connectivity index (χ3n) is 3.74. The number of rotatable bonds is 3. The van der Waals surface area contributed by atoms with Gasteiger partial charge in [-0.05, 0) is 25.7 Å². The SMILES string of the molecule is CC(=CC(=O)O)CN1CC2CCC(O)C2C1. The van der Waals surface area contributed by atoms with Crippen molar-refractivity contribution in [3.8, 4) is 0 Å².